The summed E-state index contributed by atoms with van der Waals surface area (Å²) in [6, 6.07) is 0. The van der Waals surface area contributed by atoms with Crippen molar-refractivity contribution in [2.75, 3.05) is 6.54 Å². The minimum Gasteiger partial charge on any atom is -0.478 e. The van der Waals surface area contributed by atoms with Gasteiger partial charge in [-0.3, -0.25) is 0 Å². The molecule has 17 heavy (non-hydrogen) atoms. The highest BCUT2D eigenvalue weighted by molar-refractivity contribution is 6.22. The maximum Gasteiger partial charge on any atom is 0.335 e. The lowest BCUT2D eigenvalue weighted by Gasteiger charge is -2.32. The number of carbonyl (C=O) groups is 1. The summed E-state index contributed by atoms with van der Waals surface area (Å²) in [5.41, 5.74) is -0.0436. The van der Waals surface area contributed by atoms with E-state index in [9.17, 15) is 4.79 Å². The van der Waals surface area contributed by atoms with Crippen LogP contribution >= 0.6 is 11.6 Å². The number of nitrogens with zero attached hydrogens (tertiary/aromatic N) is 1. The number of rotatable bonds is 3. The van der Waals surface area contributed by atoms with Crippen molar-refractivity contribution in [2.45, 2.75) is 37.6 Å². The number of hydrogen-bond acceptors (Lipinski definition) is 2. The standard InChI is InChI=1S/C13H18ClNO2/c14-12-8-11(13(16)17)6-7-15(12)9-10-4-2-1-3-5-10/h6-8,10,12H,1-5,9H2,(H,16,17). The number of carboxylic acids is 1. The van der Waals surface area contributed by atoms with Crippen molar-refractivity contribution in [3.63, 3.8) is 0 Å². The lowest BCUT2D eigenvalue weighted by molar-refractivity contribution is -0.132. The normalized spacial score (nSPS) is 25.8. The Morgan fingerprint density at radius 1 is 1.41 bits per heavy atom. The van der Waals surface area contributed by atoms with Gasteiger partial charge in [0.2, 0.25) is 0 Å². The molecule has 0 bridgehead atoms. The number of halogens is 1. The van der Waals surface area contributed by atoms with Crippen LogP contribution in [0.5, 0.6) is 0 Å². The zero-order chi connectivity index (χ0) is 12.3. The molecule has 0 saturated heterocycles. The molecule has 0 spiro atoms. The molecule has 1 unspecified atom stereocenters. The second-order valence-corrected chi connectivity index (χ2v) is 5.26. The molecule has 3 nitrogen and oxygen atoms in total. The highest BCUT2D eigenvalue weighted by Gasteiger charge is 2.22. The second kappa shape index (κ2) is 5.58. The molecular weight excluding hydrogens is 238 g/mol. The first-order chi connectivity index (χ1) is 8.16. The average molecular weight is 256 g/mol. The fourth-order valence-corrected chi connectivity index (χ4v) is 2.81. The molecule has 1 aliphatic carbocycles. The van der Waals surface area contributed by atoms with Gasteiger partial charge in [-0.05, 0) is 30.9 Å². The predicted molar refractivity (Wildman–Crippen MR) is 67.8 cm³/mol. The van der Waals surface area contributed by atoms with Crippen molar-refractivity contribution in [2.24, 2.45) is 5.92 Å². The van der Waals surface area contributed by atoms with Gasteiger partial charge in [-0.2, -0.15) is 0 Å². The zero-order valence-corrected chi connectivity index (χ0v) is 10.6. The van der Waals surface area contributed by atoms with Gasteiger partial charge in [0.1, 0.15) is 5.50 Å². The van der Waals surface area contributed by atoms with Crippen molar-refractivity contribution < 1.29 is 9.90 Å². The van der Waals surface area contributed by atoms with Gasteiger partial charge < -0.3 is 10.0 Å². The van der Waals surface area contributed by atoms with Gasteiger partial charge in [-0.15, -0.1) is 0 Å². The predicted octanol–water partition coefficient (Wildman–Crippen LogP) is 2.97. The highest BCUT2D eigenvalue weighted by atomic mass is 35.5. The summed E-state index contributed by atoms with van der Waals surface area (Å²) in [7, 11) is 0. The van der Waals surface area contributed by atoms with E-state index in [1.54, 1.807) is 12.2 Å². The third kappa shape index (κ3) is 3.25. The van der Waals surface area contributed by atoms with E-state index in [0.29, 0.717) is 5.92 Å². The van der Waals surface area contributed by atoms with Gasteiger partial charge in [0.15, 0.2) is 0 Å². The number of hydrogen-bond donors (Lipinski definition) is 1. The lowest BCUT2D eigenvalue weighted by atomic mass is 9.89. The van der Waals surface area contributed by atoms with E-state index in [1.165, 1.54) is 32.1 Å². The molecule has 0 amide bonds. The largest absolute Gasteiger partial charge is 0.478 e. The SMILES string of the molecule is O=C(O)C1=CC(Cl)N(CC2CCCCC2)C=C1. The Morgan fingerprint density at radius 3 is 2.71 bits per heavy atom. The van der Waals surface area contributed by atoms with Crippen LogP contribution in [0.4, 0.5) is 0 Å². The van der Waals surface area contributed by atoms with Crippen LogP contribution in [0.25, 0.3) is 0 Å². The maximum atomic E-state index is 10.8. The van der Waals surface area contributed by atoms with E-state index in [0.717, 1.165) is 6.54 Å². The summed E-state index contributed by atoms with van der Waals surface area (Å²) >= 11 is 6.18. The molecule has 0 aromatic heterocycles. The molecule has 2 aliphatic rings. The first kappa shape index (κ1) is 12.5. The van der Waals surface area contributed by atoms with E-state index >= 15 is 0 Å². The Labute approximate surface area is 107 Å². The Morgan fingerprint density at radius 2 is 2.12 bits per heavy atom. The summed E-state index contributed by atoms with van der Waals surface area (Å²) in [4.78, 5) is 12.8. The van der Waals surface area contributed by atoms with Crippen LogP contribution in [-0.2, 0) is 4.79 Å². The monoisotopic (exact) mass is 255 g/mol. The summed E-state index contributed by atoms with van der Waals surface area (Å²) < 4.78 is 0. The molecule has 0 radical (unpaired) electrons. The van der Waals surface area contributed by atoms with Gasteiger partial charge in [0, 0.05) is 12.7 Å². The summed E-state index contributed by atoms with van der Waals surface area (Å²) in [6.07, 6.45) is 11.6. The van der Waals surface area contributed by atoms with Crippen molar-refractivity contribution in [3.05, 3.63) is 23.9 Å². The van der Waals surface area contributed by atoms with Crippen LogP contribution in [0, 0.1) is 5.92 Å². The van der Waals surface area contributed by atoms with E-state index in [2.05, 4.69) is 0 Å². The van der Waals surface area contributed by atoms with Crippen molar-refractivity contribution >= 4 is 17.6 Å². The second-order valence-electron chi connectivity index (χ2n) is 4.82. The van der Waals surface area contributed by atoms with E-state index in [1.807, 2.05) is 11.1 Å². The summed E-state index contributed by atoms with van der Waals surface area (Å²) in [5, 5.41) is 8.87. The fourth-order valence-electron chi connectivity index (χ4n) is 2.53. The molecule has 1 fully saturated rings. The Bertz CT molecular complexity index is 345. The first-order valence-electron chi connectivity index (χ1n) is 6.20. The molecule has 0 aromatic carbocycles. The Balaban J connectivity index is 1.91. The average Bonchev–Trinajstić information content (AvgIpc) is 2.33. The van der Waals surface area contributed by atoms with Crippen LogP contribution in [-0.4, -0.2) is 28.0 Å². The van der Waals surface area contributed by atoms with Crippen molar-refractivity contribution in [3.8, 4) is 0 Å². The van der Waals surface area contributed by atoms with Crippen molar-refractivity contribution in [1.82, 2.24) is 4.90 Å². The topological polar surface area (TPSA) is 40.5 Å². The molecular formula is C13H18ClNO2. The van der Waals surface area contributed by atoms with Gasteiger partial charge in [0.25, 0.3) is 0 Å². The molecule has 4 heteroatoms. The van der Waals surface area contributed by atoms with E-state index < -0.39 is 5.97 Å². The van der Waals surface area contributed by atoms with E-state index in [4.69, 9.17) is 16.7 Å². The molecule has 0 aromatic rings. The molecule has 1 atom stereocenters. The molecule has 1 heterocycles. The minimum absolute atomic E-state index is 0.282. The third-order valence-corrected chi connectivity index (χ3v) is 3.90. The van der Waals surface area contributed by atoms with Crippen LogP contribution in [0.15, 0.2) is 23.9 Å². The molecule has 94 valence electrons. The van der Waals surface area contributed by atoms with Crippen molar-refractivity contribution in [1.29, 1.82) is 0 Å². The highest BCUT2D eigenvalue weighted by Crippen LogP contribution is 2.27. The fraction of sp³-hybridized carbons (Fsp3) is 0.615. The lowest BCUT2D eigenvalue weighted by Crippen LogP contribution is -2.33. The Kier molecular flexibility index (Phi) is 4.11. The van der Waals surface area contributed by atoms with E-state index in [-0.39, 0.29) is 11.1 Å². The maximum absolute atomic E-state index is 10.8. The van der Waals surface area contributed by atoms with Gasteiger partial charge in [-0.1, -0.05) is 30.9 Å². The van der Waals surface area contributed by atoms with Gasteiger partial charge >= 0.3 is 5.97 Å². The minimum atomic E-state index is -0.913. The van der Waals surface area contributed by atoms with Crippen LogP contribution < -0.4 is 0 Å². The van der Waals surface area contributed by atoms with Gasteiger partial charge in [-0.25, -0.2) is 4.79 Å². The molecule has 1 saturated carbocycles. The van der Waals surface area contributed by atoms with Gasteiger partial charge in [0.05, 0.1) is 5.57 Å². The molecule has 1 N–H and O–H groups in total. The third-order valence-electron chi connectivity index (χ3n) is 3.52. The summed E-state index contributed by atoms with van der Waals surface area (Å²) in [5.74, 6) is -0.210. The number of alkyl halides is 1. The number of aliphatic carboxylic acids is 1. The Hall–Kier alpha value is -0.960. The molecule has 2 rings (SSSR count). The summed E-state index contributed by atoms with van der Waals surface area (Å²) in [6.45, 7) is 0.939. The smallest absolute Gasteiger partial charge is 0.335 e. The zero-order valence-electron chi connectivity index (χ0n) is 9.81. The molecule has 1 aliphatic heterocycles. The van der Waals surface area contributed by atoms with Crippen LogP contribution in [0.2, 0.25) is 0 Å². The van der Waals surface area contributed by atoms with Crippen LogP contribution in [0.3, 0.4) is 0 Å². The first-order valence-corrected chi connectivity index (χ1v) is 6.63. The quantitative estimate of drug-likeness (QED) is 0.623. The number of carboxylic acid groups (broad SMARTS) is 1. The van der Waals surface area contributed by atoms with Crippen LogP contribution in [0.1, 0.15) is 32.1 Å².